The number of allylic oxidation sites excluding steroid dienone is 2. The van der Waals surface area contributed by atoms with Crippen molar-refractivity contribution in [2.45, 2.75) is 26.3 Å². The highest BCUT2D eigenvalue weighted by Gasteiger charge is 2.35. The van der Waals surface area contributed by atoms with E-state index in [1.165, 1.54) is 6.08 Å². The van der Waals surface area contributed by atoms with E-state index in [1.807, 2.05) is 32.1 Å². The van der Waals surface area contributed by atoms with Crippen molar-refractivity contribution in [3.05, 3.63) is 35.5 Å². The monoisotopic (exact) mass is 305 g/mol. The molecular formula is C17H23NO4. The Hall–Kier alpha value is -1.72. The fourth-order valence-electron chi connectivity index (χ4n) is 2.90. The van der Waals surface area contributed by atoms with Gasteiger partial charge in [-0.15, -0.1) is 0 Å². The molecule has 0 N–H and O–H groups in total. The number of carbonyl (C=O) groups excluding carboxylic acids is 2. The lowest BCUT2D eigenvalue weighted by atomic mass is 9.83. The fourth-order valence-corrected chi connectivity index (χ4v) is 2.90. The van der Waals surface area contributed by atoms with Crippen LogP contribution in [0.15, 0.2) is 35.5 Å². The van der Waals surface area contributed by atoms with Gasteiger partial charge in [0.25, 0.3) is 0 Å². The molecule has 0 aromatic carbocycles. The first kappa shape index (κ1) is 16.6. The molecule has 2 rings (SSSR count). The van der Waals surface area contributed by atoms with E-state index < -0.39 is 5.54 Å². The molecule has 5 nitrogen and oxygen atoms in total. The number of esters is 1. The predicted molar refractivity (Wildman–Crippen MR) is 83.4 cm³/mol. The molecule has 1 aliphatic carbocycles. The number of carbonyl (C=O) groups is 2. The molecule has 1 saturated heterocycles. The van der Waals surface area contributed by atoms with Gasteiger partial charge in [-0.25, -0.2) is 4.79 Å². The Bertz CT molecular complexity index is 517. The Morgan fingerprint density at radius 2 is 1.91 bits per heavy atom. The van der Waals surface area contributed by atoms with Crippen molar-refractivity contribution >= 4 is 11.8 Å². The third-order valence-corrected chi connectivity index (χ3v) is 3.94. The van der Waals surface area contributed by atoms with Crippen molar-refractivity contribution in [2.24, 2.45) is 0 Å². The van der Waals surface area contributed by atoms with E-state index in [2.05, 4.69) is 4.90 Å². The summed E-state index contributed by atoms with van der Waals surface area (Å²) in [7, 11) is 0. The normalized spacial score (nSPS) is 22.4. The smallest absolute Gasteiger partial charge is 0.330 e. The summed E-state index contributed by atoms with van der Waals surface area (Å²) < 4.78 is 10.4. The minimum Gasteiger partial charge on any atom is -0.463 e. The van der Waals surface area contributed by atoms with E-state index in [4.69, 9.17) is 9.47 Å². The number of rotatable bonds is 4. The second kappa shape index (κ2) is 7.03. The summed E-state index contributed by atoms with van der Waals surface area (Å²) in [6.07, 6.45) is 7.10. The van der Waals surface area contributed by atoms with Crippen molar-refractivity contribution < 1.29 is 19.1 Å². The third kappa shape index (κ3) is 3.54. The molecule has 22 heavy (non-hydrogen) atoms. The Labute approximate surface area is 131 Å². The fraction of sp³-hybridized carbons (Fsp3) is 0.529. The van der Waals surface area contributed by atoms with Gasteiger partial charge in [-0.3, -0.25) is 9.69 Å². The topological polar surface area (TPSA) is 55.8 Å². The Balaban J connectivity index is 2.36. The van der Waals surface area contributed by atoms with Crippen LogP contribution in [0.4, 0.5) is 0 Å². The molecule has 0 aromatic heterocycles. The van der Waals surface area contributed by atoms with E-state index in [1.54, 1.807) is 6.92 Å². The van der Waals surface area contributed by atoms with E-state index in [0.29, 0.717) is 31.0 Å². The van der Waals surface area contributed by atoms with E-state index in [-0.39, 0.29) is 11.8 Å². The highest BCUT2D eigenvalue weighted by Crippen LogP contribution is 2.30. The lowest BCUT2D eigenvalue weighted by molar-refractivity contribution is -0.137. The van der Waals surface area contributed by atoms with Gasteiger partial charge in [-0.1, -0.05) is 0 Å². The molecule has 0 radical (unpaired) electrons. The Morgan fingerprint density at radius 3 is 2.45 bits per heavy atom. The first-order valence-electron chi connectivity index (χ1n) is 7.61. The highest BCUT2D eigenvalue weighted by molar-refractivity contribution is 6.09. The molecule has 1 fully saturated rings. The molecule has 0 atom stereocenters. The molecule has 2 aliphatic rings. The second-order valence-corrected chi connectivity index (χ2v) is 5.56. The number of Topliss-reactive ketones (excluding diaryl/α,β-unsaturated/α-hetero) is 1. The molecule has 5 heteroatoms. The van der Waals surface area contributed by atoms with Crippen LogP contribution in [0, 0.1) is 0 Å². The molecule has 0 amide bonds. The van der Waals surface area contributed by atoms with Gasteiger partial charge in [0.1, 0.15) is 0 Å². The van der Waals surface area contributed by atoms with E-state index in [9.17, 15) is 9.59 Å². The second-order valence-electron chi connectivity index (χ2n) is 5.56. The summed E-state index contributed by atoms with van der Waals surface area (Å²) in [6, 6.07) is 0. The summed E-state index contributed by atoms with van der Waals surface area (Å²) in [5.74, 6) is -0.322. The molecule has 1 heterocycles. The van der Waals surface area contributed by atoms with Crippen molar-refractivity contribution in [3.8, 4) is 0 Å². The maximum Gasteiger partial charge on any atom is 0.330 e. The number of hydrogen-bond donors (Lipinski definition) is 0. The van der Waals surface area contributed by atoms with E-state index >= 15 is 0 Å². The molecule has 0 aromatic rings. The number of nitrogens with zero attached hydrogens (tertiary/aromatic N) is 1. The molecule has 1 aliphatic heterocycles. The average Bonchev–Trinajstić information content (AvgIpc) is 2.52. The minimum atomic E-state index is -0.571. The molecule has 0 unspecified atom stereocenters. The molecule has 0 spiro atoms. The summed E-state index contributed by atoms with van der Waals surface area (Å²) in [5, 5.41) is 0. The zero-order chi connectivity index (χ0) is 16.2. The van der Waals surface area contributed by atoms with Crippen LogP contribution in [0.25, 0.3) is 0 Å². The maximum absolute atomic E-state index is 12.0. The predicted octanol–water partition coefficient (Wildman–Crippen LogP) is 1.65. The van der Waals surface area contributed by atoms with Crippen LogP contribution in [0.5, 0.6) is 0 Å². The highest BCUT2D eigenvalue weighted by atomic mass is 16.5. The summed E-state index contributed by atoms with van der Waals surface area (Å²) in [4.78, 5) is 25.9. The summed E-state index contributed by atoms with van der Waals surface area (Å²) in [5.41, 5.74) is 0.818. The van der Waals surface area contributed by atoms with Crippen LogP contribution in [0.3, 0.4) is 0 Å². The number of hydrogen-bond acceptors (Lipinski definition) is 5. The van der Waals surface area contributed by atoms with Crippen molar-refractivity contribution in [2.75, 3.05) is 32.9 Å². The number of ketones is 1. The van der Waals surface area contributed by atoms with E-state index in [0.717, 1.165) is 13.1 Å². The maximum atomic E-state index is 12.0. The van der Waals surface area contributed by atoms with Gasteiger partial charge in [-0.2, -0.15) is 0 Å². The van der Waals surface area contributed by atoms with Gasteiger partial charge in [0, 0.05) is 19.2 Å². The third-order valence-electron chi connectivity index (χ3n) is 3.94. The number of morpholine rings is 1. The largest absolute Gasteiger partial charge is 0.463 e. The van der Waals surface area contributed by atoms with Crippen LogP contribution >= 0.6 is 0 Å². The van der Waals surface area contributed by atoms with Gasteiger partial charge in [-0.05, 0) is 50.1 Å². The van der Waals surface area contributed by atoms with Gasteiger partial charge in [0.05, 0.1) is 25.4 Å². The lowest BCUT2D eigenvalue weighted by Gasteiger charge is -2.42. The van der Waals surface area contributed by atoms with Crippen LogP contribution in [-0.4, -0.2) is 55.1 Å². The van der Waals surface area contributed by atoms with Gasteiger partial charge >= 0.3 is 5.97 Å². The molecular weight excluding hydrogens is 282 g/mol. The van der Waals surface area contributed by atoms with Crippen molar-refractivity contribution in [3.63, 3.8) is 0 Å². The zero-order valence-corrected chi connectivity index (χ0v) is 13.4. The minimum absolute atomic E-state index is 0.0495. The summed E-state index contributed by atoms with van der Waals surface area (Å²) >= 11 is 0. The molecule has 0 saturated carbocycles. The Morgan fingerprint density at radius 1 is 1.32 bits per heavy atom. The zero-order valence-electron chi connectivity index (χ0n) is 13.4. The van der Waals surface area contributed by atoms with Crippen LogP contribution in [0.1, 0.15) is 20.8 Å². The number of ether oxygens (including phenoxy) is 2. The van der Waals surface area contributed by atoms with Gasteiger partial charge in [0.15, 0.2) is 5.78 Å². The summed E-state index contributed by atoms with van der Waals surface area (Å²) in [6.45, 7) is 8.51. The standard InChI is InChI=1S/C17H23NO4/c1-4-22-15(19)5-6-17(18-7-9-21-10-8-18)11-13(2)16(20)14(3)12-17/h5-6,11-12H,4,7-10H2,1-3H3/b6-5+. The van der Waals surface area contributed by atoms with Crippen LogP contribution in [0.2, 0.25) is 0 Å². The molecule has 0 bridgehead atoms. The first-order chi connectivity index (χ1) is 10.5. The van der Waals surface area contributed by atoms with Crippen LogP contribution in [-0.2, 0) is 19.1 Å². The van der Waals surface area contributed by atoms with Gasteiger partial charge in [0.2, 0.25) is 0 Å². The van der Waals surface area contributed by atoms with Crippen LogP contribution < -0.4 is 0 Å². The quantitative estimate of drug-likeness (QED) is 0.584. The molecule has 120 valence electrons. The lowest BCUT2D eigenvalue weighted by Crippen LogP contribution is -2.51. The van der Waals surface area contributed by atoms with Crippen molar-refractivity contribution in [1.29, 1.82) is 0 Å². The average molecular weight is 305 g/mol. The van der Waals surface area contributed by atoms with Gasteiger partial charge < -0.3 is 9.47 Å². The first-order valence-corrected chi connectivity index (χ1v) is 7.61. The Kier molecular flexibility index (Phi) is 5.32. The SMILES string of the molecule is CCOC(=O)/C=C/C1(N2CCOCC2)C=C(C)C(=O)C(C)=C1. The van der Waals surface area contributed by atoms with Crippen molar-refractivity contribution in [1.82, 2.24) is 4.90 Å².